The Bertz CT molecular complexity index is 534. The van der Waals surface area contributed by atoms with Crippen molar-refractivity contribution in [2.75, 3.05) is 12.8 Å². The second-order valence-corrected chi connectivity index (χ2v) is 4.70. The third-order valence-electron chi connectivity index (χ3n) is 3.24. The van der Waals surface area contributed by atoms with Crippen molar-refractivity contribution in [3.05, 3.63) is 33.6 Å². The number of carbonyl (C=O) groups is 1. The van der Waals surface area contributed by atoms with Crippen LogP contribution in [0.25, 0.3) is 0 Å². The van der Waals surface area contributed by atoms with Crippen LogP contribution < -0.4 is 5.73 Å². The monoisotopic (exact) mass is 283 g/mol. The number of rotatable bonds is 5. The number of benzene rings is 1. The Morgan fingerprint density at radius 3 is 2.65 bits per heavy atom. The van der Waals surface area contributed by atoms with Gasteiger partial charge in [0.25, 0.3) is 11.6 Å². The van der Waals surface area contributed by atoms with Gasteiger partial charge in [0, 0.05) is 13.1 Å². The van der Waals surface area contributed by atoms with E-state index in [-0.39, 0.29) is 17.3 Å². The summed E-state index contributed by atoms with van der Waals surface area (Å²) in [7, 11) is 1.57. The molecule has 2 N–H and O–H groups in total. The molecule has 1 rings (SSSR count). The van der Waals surface area contributed by atoms with Crippen molar-refractivity contribution in [3.8, 4) is 0 Å². The number of anilines is 1. The summed E-state index contributed by atoms with van der Waals surface area (Å²) < 4.78 is 13.4. The van der Waals surface area contributed by atoms with E-state index < -0.39 is 22.3 Å². The van der Waals surface area contributed by atoms with E-state index in [0.29, 0.717) is 6.07 Å². The summed E-state index contributed by atoms with van der Waals surface area (Å²) >= 11 is 0. The fraction of sp³-hybridized carbons (Fsp3) is 0.462. The maximum Gasteiger partial charge on any atom is 0.295 e. The molecule has 110 valence electrons. The zero-order chi connectivity index (χ0) is 15.4. The summed E-state index contributed by atoms with van der Waals surface area (Å²) in [6.45, 7) is 3.83. The van der Waals surface area contributed by atoms with E-state index in [1.54, 1.807) is 7.05 Å². The van der Waals surface area contributed by atoms with Crippen LogP contribution in [0.5, 0.6) is 0 Å². The lowest BCUT2D eigenvalue weighted by atomic mass is 10.1. The highest BCUT2D eigenvalue weighted by Gasteiger charge is 2.25. The molecule has 0 aliphatic heterocycles. The van der Waals surface area contributed by atoms with Crippen molar-refractivity contribution in [1.29, 1.82) is 0 Å². The topological polar surface area (TPSA) is 89.5 Å². The smallest absolute Gasteiger partial charge is 0.295 e. The maximum absolute atomic E-state index is 13.4. The van der Waals surface area contributed by atoms with Crippen LogP contribution in [0.2, 0.25) is 0 Å². The molecular formula is C13H18FN3O3. The third kappa shape index (κ3) is 3.23. The summed E-state index contributed by atoms with van der Waals surface area (Å²) in [5, 5.41) is 10.8. The quantitative estimate of drug-likeness (QED) is 0.511. The van der Waals surface area contributed by atoms with Crippen molar-refractivity contribution >= 4 is 17.3 Å². The molecule has 0 aliphatic rings. The Labute approximate surface area is 116 Å². The molecule has 0 saturated heterocycles. The zero-order valence-corrected chi connectivity index (χ0v) is 11.7. The molecule has 1 aromatic carbocycles. The maximum atomic E-state index is 13.4. The first kappa shape index (κ1) is 15.9. The van der Waals surface area contributed by atoms with Crippen LogP contribution in [0.3, 0.4) is 0 Å². The molecule has 1 aromatic rings. The highest BCUT2D eigenvalue weighted by Crippen LogP contribution is 2.28. The number of carbonyl (C=O) groups excluding carboxylic acids is 1. The van der Waals surface area contributed by atoms with Gasteiger partial charge in [0.2, 0.25) is 0 Å². The van der Waals surface area contributed by atoms with Gasteiger partial charge in [-0.25, -0.2) is 4.39 Å². The molecule has 0 fully saturated rings. The van der Waals surface area contributed by atoms with Crippen molar-refractivity contribution in [2.24, 2.45) is 0 Å². The van der Waals surface area contributed by atoms with Crippen LogP contribution in [0.1, 0.15) is 37.0 Å². The lowest BCUT2D eigenvalue weighted by molar-refractivity contribution is -0.384. The lowest BCUT2D eigenvalue weighted by Gasteiger charge is -2.25. The fourth-order valence-electron chi connectivity index (χ4n) is 1.93. The van der Waals surface area contributed by atoms with E-state index in [1.165, 1.54) is 4.90 Å². The van der Waals surface area contributed by atoms with E-state index in [4.69, 9.17) is 5.73 Å². The van der Waals surface area contributed by atoms with Gasteiger partial charge in [-0.15, -0.1) is 0 Å². The molecule has 1 amide bonds. The van der Waals surface area contributed by atoms with Crippen molar-refractivity contribution in [1.82, 2.24) is 4.90 Å². The fourth-order valence-corrected chi connectivity index (χ4v) is 1.93. The predicted octanol–water partition coefficient (Wildman–Crippen LogP) is 2.58. The zero-order valence-electron chi connectivity index (χ0n) is 11.7. The van der Waals surface area contributed by atoms with Gasteiger partial charge < -0.3 is 10.6 Å². The summed E-state index contributed by atoms with van der Waals surface area (Å²) in [6.07, 6.45) is 1.66. The molecule has 0 heterocycles. The van der Waals surface area contributed by atoms with Gasteiger partial charge in [-0.05, 0) is 19.4 Å². The summed E-state index contributed by atoms with van der Waals surface area (Å²) in [5.41, 5.74) is 4.53. The van der Waals surface area contributed by atoms with Crippen LogP contribution in [-0.2, 0) is 0 Å². The molecule has 6 nitrogen and oxygen atoms in total. The van der Waals surface area contributed by atoms with E-state index >= 15 is 0 Å². The first-order valence-corrected chi connectivity index (χ1v) is 6.30. The Morgan fingerprint density at radius 2 is 2.15 bits per heavy atom. The van der Waals surface area contributed by atoms with Gasteiger partial charge in [0.15, 0.2) is 0 Å². The van der Waals surface area contributed by atoms with Crippen LogP contribution in [-0.4, -0.2) is 28.8 Å². The summed E-state index contributed by atoms with van der Waals surface area (Å²) in [6, 6.07) is 1.58. The molecule has 0 aromatic heterocycles. The molecule has 1 unspecified atom stereocenters. The molecule has 20 heavy (non-hydrogen) atoms. The number of nitrogen functional groups attached to an aromatic ring is 1. The molecule has 1 atom stereocenters. The third-order valence-corrected chi connectivity index (χ3v) is 3.24. The van der Waals surface area contributed by atoms with Crippen molar-refractivity contribution in [3.63, 3.8) is 0 Å². The van der Waals surface area contributed by atoms with Gasteiger partial charge in [-0.2, -0.15) is 0 Å². The molecule has 0 saturated carbocycles. The second-order valence-electron chi connectivity index (χ2n) is 4.70. The second kappa shape index (κ2) is 6.31. The predicted molar refractivity (Wildman–Crippen MR) is 73.9 cm³/mol. The van der Waals surface area contributed by atoms with Crippen LogP contribution >= 0.6 is 0 Å². The van der Waals surface area contributed by atoms with Gasteiger partial charge in [-0.3, -0.25) is 14.9 Å². The largest absolute Gasteiger partial charge is 0.393 e. The number of nitro groups is 1. The van der Waals surface area contributed by atoms with E-state index in [0.717, 1.165) is 18.9 Å². The standard InChI is InChI=1S/C13H18FN3O3/c1-4-5-8(2)16(3)13(18)10-6-9(14)7-11(12(10)15)17(19)20/h6-8H,4-5,15H2,1-3H3. The van der Waals surface area contributed by atoms with E-state index in [9.17, 15) is 19.3 Å². The van der Waals surface area contributed by atoms with Crippen LogP contribution in [0, 0.1) is 15.9 Å². The number of hydrogen-bond donors (Lipinski definition) is 1. The highest BCUT2D eigenvalue weighted by molar-refractivity contribution is 6.01. The number of nitrogens with two attached hydrogens (primary N) is 1. The highest BCUT2D eigenvalue weighted by atomic mass is 19.1. The molecule has 0 bridgehead atoms. The van der Waals surface area contributed by atoms with Gasteiger partial charge in [0.1, 0.15) is 11.5 Å². The first-order valence-electron chi connectivity index (χ1n) is 6.30. The SMILES string of the molecule is CCCC(C)N(C)C(=O)c1cc(F)cc([N+](=O)[O-])c1N. The number of halogens is 1. The molecule has 0 spiro atoms. The van der Waals surface area contributed by atoms with Gasteiger partial charge in [0.05, 0.1) is 16.6 Å². The molecule has 0 aliphatic carbocycles. The van der Waals surface area contributed by atoms with E-state index in [1.807, 2.05) is 13.8 Å². The molecule has 7 heteroatoms. The Balaban J connectivity index is 3.19. The molecular weight excluding hydrogens is 265 g/mol. The van der Waals surface area contributed by atoms with E-state index in [2.05, 4.69) is 0 Å². The van der Waals surface area contributed by atoms with Gasteiger partial charge in [-0.1, -0.05) is 13.3 Å². The minimum Gasteiger partial charge on any atom is -0.393 e. The number of nitro benzene ring substituents is 1. The molecule has 0 radical (unpaired) electrons. The lowest BCUT2D eigenvalue weighted by Crippen LogP contribution is -2.35. The number of hydrogen-bond acceptors (Lipinski definition) is 4. The van der Waals surface area contributed by atoms with Crippen molar-refractivity contribution < 1.29 is 14.1 Å². The average molecular weight is 283 g/mol. The number of amides is 1. The minimum atomic E-state index is -0.856. The first-order chi connectivity index (χ1) is 9.29. The Morgan fingerprint density at radius 1 is 1.55 bits per heavy atom. The Hall–Kier alpha value is -2.18. The normalized spacial score (nSPS) is 12.0. The average Bonchev–Trinajstić information content (AvgIpc) is 2.39. The minimum absolute atomic E-state index is 0.0609. The van der Waals surface area contributed by atoms with Crippen LogP contribution in [0.15, 0.2) is 12.1 Å². The summed E-state index contributed by atoms with van der Waals surface area (Å²) in [5.74, 6) is -1.38. The Kier molecular flexibility index (Phi) is 5.01. The van der Waals surface area contributed by atoms with Crippen molar-refractivity contribution in [2.45, 2.75) is 32.7 Å². The van der Waals surface area contributed by atoms with Gasteiger partial charge >= 0.3 is 0 Å². The van der Waals surface area contributed by atoms with Crippen LogP contribution in [0.4, 0.5) is 15.8 Å². The summed E-state index contributed by atoms with van der Waals surface area (Å²) in [4.78, 5) is 23.7. The number of nitrogens with zero attached hydrogens (tertiary/aromatic N) is 2.